The number of urea groups is 1. The molecule has 7 heteroatoms. The highest BCUT2D eigenvalue weighted by atomic mass is 32.1. The van der Waals surface area contributed by atoms with Crippen molar-refractivity contribution in [1.82, 2.24) is 15.5 Å². The molecule has 0 spiro atoms. The number of carbonyl (C=O) groups excluding carboxylic acids is 3. The lowest BCUT2D eigenvalue weighted by Crippen LogP contribution is -2.43. The van der Waals surface area contributed by atoms with E-state index in [9.17, 15) is 14.4 Å². The zero-order valence-electron chi connectivity index (χ0n) is 12.2. The van der Waals surface area contributed by atoms with Gasteiger partial charge in [-0.15, -0.1) is 11.3 Å². The van der Waals surface area contributed by atoms with Crippen LogP contribution >= 0.6 is 11.3 Å². The van der Waals surface area contributed by atoms with E-state index in [1.165, 1.54) is 12.8 Å². The van der Waals surface area contributed by atoms with Crippen molar-refractivity contribution in [3.05, 3.63) is 22.4 Å². The van der Waals surface area contributed by atoms with Crippen LogP contribution in [-0.4, -0.2) is 35.8 Å². The molecule has 1 aliphatic carbocycles. The Morgan fingerprint density at radius 3 is 2.77 bits per heavy atom. The molecule has 1 aromatic heterocycles. The van der Waals surface area contributed by atoms with Gasteiger partial charge >= 0.3 is 6.03 Å². The molecular formula is C15H19N3O3S. The van der Waals surface area contributed by atoms with Gasteiger partial charge in [0.2, 0.25) is 5.91 Å². The van der Waals surface area contributed by atoms with Gasteiger partial charge in [0.15, 0.2) is 0 Å². The van der Waals surface area contributed by atoms with Crippen LogP contribution in [0.15, 0.2) is 17.5 Å². The monoisotopic (exact) mass is 321 g/mol. The molecule has 1 atom stereocenters. The molecule has 0 aromatic carbocycles. The molecule has 2 heterocycles. The number of imide groups is 1. The smallest absolute Gasteiger partial charge is 0.325 e. The minimum atomic E-state index is -0.492. The SMILES string of the molecule is O=C(CN1C(=O)CNC1=O)N[C@@H](c1cccs1)C1CCCC1. The topological polar surface area (TPSA) is 78.5 Å². The number of thiophene rings is 1. The van der Waals surface area contributed by atoms with Crippen molar-refractivity contribution in [3.8, 4) is 0 Å². The molecule has 6 nitrogen and oxygen atoms in total. The third kappa shape index (κ3) is 3.14. The molecule has 22 heavy (non-hydrogen) atoms. The summed E-state index contributed by atoms with van der Waals surface area (Å²) < 4.78 is 0. The first-order valence-electron chi connectivity index (χ1n) is 7.56. The lowest BCUT2D eigenvalue weighted by molar-refractivity contribution is -0.131. The van der Waals surface area contributed by atoms with Crippen molar-refractivity contribution in [2.24, 2.45) is 5.92 Å². The van der Waals surface area contributed by atoms with Crippen molar-refractivity contribution in [2.45, 2.75) is 31.7 Å². The Morgan fingerprint density at radius 2 is 2.18 bits per heavy atom. The molecule has 0 bridgehead atoms. The van der Waals surface area contributed by atoms with E-state index < -0.39 is 6.03 Å². The van der Waals surface area contributed by atoms with Crippen LogP contribution in [0.1, 0.15) is 36.6 Å². The molecular weight excluding hydrogens is 302 g/mol. The number of nitrogens with one attached hydrogen (secondary N) is 2. The van der Waals surface area contributed by atoms with Gasteiger partial charge in [0.05, 0.1) is 12.6 Å². The van der Waals surface area contributed by atoms with Gasteiger partial charge in [-0.1, -0.05) is 18.9 Å². The van der Waals surface area contributed by atoms with Crippen LogP contribution in [0.3, 0.4) is 0 Å². The maximum absolute atomic E-state index is 12.3. The lowest BCUT2D eigenvalue weighted by Gasteiger charge is -2.24. The average molecular weight is 321 g/mol. The summed E-state index contributed by atoms with van der Waals surface area (Å²) in [6.45, 7) is -0.234. The third-order valence-electron chi connectivity index (χ3n) is 4.28. The van der Waals surface area contributed by atoms with E-state index in [1.807, 2.05) is 17.5 Å². The number of hydrogen-bond acceptors (Lipinski definition) is 4. The third-order valence-corrected chi connectivity index (χ3v) is 5.23. The second kappa shape index (κ2) is 6.48. The van der Waals surface area contributed by atoms with Crippen molar-refractivity contribution in [2.75, 3.05) is 13.1 Å². The van der Waals surface area contributed by atoms with Gasteiger partial charge in [-0.3, -0.25) is 14.5 Å². The fourth-order valence-electron chi connectivity index (χ4n) is 3.16. The standard InChI is InChI=1S/C15H19N3O3S/c19-12(9-18-13(20)8-16-15(18)21)17-14(10-4-1-2-5-10)11-6-3-7-22-11/h3,6-7,10,14H,1-2,4-5,8-9H2,(H,16,21)(H,17,19)/t14-/m1/s1. The van der Waals surface area contributed by atoms with E-state index in [0.717, 1.165) is 22.6 Å². The highest BCUT2D eigenvalue weighted by Crippen LogP contribution is 2.37. The summed E-state index contributed by atoms with van der Waals surface area (Å²) >= 11 is 1.63. The molecule has 118 valence electrons. The van der Waals surface area contributed by atoms with E-state index in [1.54, 1.807) is 11.3 Å². The lowest BCUT2D eigenvalue weighted by atomic mass is 9.96. The van der Waals surface area contributed by atoms with Crippen LogP contribution in [0, 0.1) is 5.92 Å². The zero-order valence-corrected chi connectivity index (χ0v) is 13.0. The van der Waals surface area contributed by atoms with Crippen molar-refractivity contribution in [3.63, 3.8) is 0 Å². The second-order valence-corrected chi connectivity index (χ2v) is 6.72. The van der Waals surface area contributed by atoms with Crippen LogP contribution in [0.2, 0.25) is 0 Å². The quantitative estimate of drug-likeness (QED) is 0.809. The molecule has 1 aromatic rings. The number of hydrogen-bond donors (Lipinski definition) is 2. The Kier molecular flexibility index (Phi) is 4.42. The maximum atomic E-state index is 12.3. The molecule has 2 aliphatic rings. The number of nitrogens with zero attached hydrogens (tertiary/aromatic N) is 1. The van der Waals surface area contributed by atoms with Gasteiger partial charge in [-0.2, -0.15) is 0 Å². The summed E-state index contributed by atoms with van der Waals surface area (Å²) in [7, 11) is 0. The Morgan fingerprint density at radius 1 is 1.41 bits per heavy atom. The van der Waals surface area contributed by atoms with Crippen LogP contribution in [0.5, 0.6) is 0 Å². The Balaban J connectivity index is 1.66. The Labute approximate surface area is 132 Å². The van der Waals surface area contributed by atoms with Crippen LogP contribution in [0.4, 0.5) is 4.79 Å². The first-order chi connectivity index (χ1) is 10.6. The van der Waals surface area contributed by atoms with Crippen molar-refractivity contribution < 1.29 is 14.4 Å². The molecule has 1 saturated carbocycles. The van der Waals surface area contributed by atoms with Gasteiger partial charge in [-0.05, 0) is 30.2 Å². The average Bonchev–Trinajstić information content (AvgIpc) is 3.23. The minimum Gasteiger partial charge on any atom is -0.347 e. The summed E-state index contributed by atoms with van der Waals surface area (Å²) in [4.78, 5) is 37.4. The van der Waals surface area contributed by atoms with Gasteiger partial charge in [-0.25, -0.2) is 4.79 Å². The molecule has 3 rings (SSSR count). The maximum Gasteiger partial charge on any atom is 0.325 e. The molecule has 2 N–H and O–H groups in total. The molecule has 0 radical (unpaired) electrons. The van der Waals surface area contributed by atoms with E-state index in [-0.39, 0.29) is 30.9 Å². The van der Waals surface area contributed by atoms with E-state index in [0.29, 0.717) is 5.92 Å². The van der Waals surface area contributed by atoms with Crippen LogP contribution in [-0.2, 0) is 9.59 Å². The summed E-state index contributed by atoms with van der Waals surface area (Å²) in [6, 6.07) is 3.50. The summed E-state index contributed by atoms with van der Waals surface area (Å²) in [5, 5.41) is 7.45. The highest BCUT2D eigenvalue weighted by molar-refractivity contribution is 7.10. The molecule has 0 unspecified atom stereocenters. The molecule has 2 fully saturated rings. The van der Waals surface area contributed by atoms with E-state index >= 15 is 0 Å². The van der Waals surface area contributed by atoms with Crippen LogP contribution in [0.25, 0.3) is 0 Å². The fraction of sp³-hybridized carbons (Fsp3) is 0.533. The van der Waals surface area contributed by atoms with Crippen molar-refractivity contribution in [1.29, 1.82) is 0 Å². The van der Waals surface area contributed by atoms with Gasteiger partial charge in [0.1, 0.15) is 6.54 Å². The minimum absolute atomic E-state index is 0.0178. The Hall–Kier alpha value is -1.89. The Bertz CT molecular complexity index is 551. The second-order valence-electron chi connectivity index (χ2n) is 5.74. The number of rotatable bonds is 5. The number of carbonyl (C=O) groups is 3. The summed E-state index contributed by atoms with van der Waals surface area (Å²) in [5.74, 6) is -0.199. The van der Waals surface area contributed by atoms with Crippen molar-refractivity contribution >= 4 is 29.2 Å². The predicted octanol–water partition coefficient (Wildman–Crippen LogP) is 1.65. The van der Waals surface area contributed by atoms with Crippen LogP contribution < -0.4 is 10.6 Å². The van der Waals surface area contributed by atoms with E-state index in [4.69, 9.17) is 0 Å². The normalized spacial score (nSPS) is 20.3. The summed E-state index contributed by atoms with van der Waals surface area (Å²) in [5.41, 5.74) is 0. The summed E-state index contributed by atoms with van der Waals surface area (Å²) in [6.07, 6.45) is 4.59. The highest BCUT2D eigenvalue weighted by Gasteiger charge is 2.33. The first kappa shape index (κ1) is 15.0. The largest absolute Gasteiger partial charge is 0.347 e. The molecule has 1 saturated heterocycles. The zero-order chi connectivity index (χ0) is 15.5. The van der Waals surface area contributed by atoms with E-state index in [2.05, 4.69) is 10.6 Å². The van der Waals surface area contributed by atoms with Gasteiger partial charge < -0.3 is 10.6 Å². The fourth-order valence-corrected chi connectivity index (χ4v) is 4.03. The van der Waals surface area contributed by atoms with Gasteiger partial charge in [0, 0.05) is 4.88 Å². The van der Waals surface area contributed by atoms with Gasteiger partial charge in [0.25, 0.3) is 5.91 Å². The number of amides is 4. The predicted molar refractivity (Wildman–Crippen MR) is 82.3 cm³/mol. The molecule has 1 aliphatic heterocycles. The molecule has 4 amide bonds. The first-order valence-corrected chi connectivity index (χ1v) is 8.44.